The molecule has 3 aromatic rings. The minimum Gasteiger partial charge on any atom is -0.355 e. The average molecular weight is 591 g/mol. The Morgan fingerprint density at radius 3 is 2.03 bits per heavy atom. The molecule has 0 saturated carbocycles. The van der Waals surface area contributed by atoms with Crippen molar-refractivity contribution in [2.24, 2.45) is 0 Å². The smallest absolute Gasteiger partial charge is 0.264 e. The van der Waals surface area contributed by atoms with Crippen LogP contribution in [0.2, 0.25) is 10.0 Å². The van der Waals surface area contributed by atoms with Crippen molar-refractivity contribution < 1.29 is 18.0 Å². The number of benzene rings is 3. The number of halogens is 2. The maximum absolute atomic E-state index is 14.0. The van der Waals surface area contributed by atoms with E-state index in [0.29, 0.717) is 34.3 Å². The normalized spacial score (nSPS) is 12.1. The molecule has 10 heteroatoms. The first-order chi connectivity index (χ1) is 18.5. The number of hydrogen-bond acceptors (Lipinski definition) is 4. The van der Waals surface area contributed by atoms with Crippen molar-refractivity contribution in [2.75, 3.05) is 17.4 Å². The summed E-state index contributed by atoms with van der Waals surface area (Å²) in [4.78, 5) is 28.4. The third-order valence-corrected chi connectivity index (χ3v) is 8.68. The van der Waals surface area contributed by atoms with Gasteiger partial charge in [0.15, 0.2) is 0 Å². The molecule has 0 heterocycles. The van der Waals surface area contributed by atoms with E-state index in [9.17, 15) is 18.0 Å². The number of carbonyl (C=O) groups excluding carboxylic acids is 2. The molecule has 0 aromatic heterocycles. The van der Waals surface area contributed by atoms with Crippen LogP contribution in [0.4, 0.5) is 5.69 Å². The molecule has 3 aromatic carbocycles. The Labute approximate surface area is 240 Å². The van der Waals surface area contributed by atoms with Gasteiger partial charge < -0.3 is 10.2 Å². The van der Waals surface area contributed by atoms with Crippen LogP contribution in [0.15, 0.2) is 71.6 Å². The summed E-state index contributed by atoms with van der Waals surface area (Å²) in [7, 11) is -4.12. The zero-order valence-corrected chi connectivity index (χ0v) is 24.8. The first kappa shape index (κ1) is 30.5. The second kappa shape index (κ2) is 13.3. The largest absolute Gasteiger partial charge is 0.355 e. The molecule has 39 heavy (non-hydrogen) atoms. The number of anilines is 1. The molecule has 0 radical (unpaired) electrons. The van der Waals surface area contributed by atoms with E-state index in [1.807, 2.05) is 13.8 Å². The lowest BCUT2D eigenvalue weighted by Crippen LogP contribution is -2.52. The zero-order valence-electron chi connectivity index (χ0n) is 22.4. The fourth-order valence-corrected chi connectivity index (χ4v) is 6.00. The maximum Gasteiger partial charge on any atom is 0.264 e. The summed E-state index contributed by atoms with van der Waals surface area (Å²) in [6.07, 6.45) is 0.317. The van der Waals surface area contributed by atoms with Gasteiger partial charge >= 0.3 is 0 Å². The molecule has 0 bridgehead atoms. The van der Waals surface area contributed by atoms with Gasteiger partial charge in [-0.3, -0.25) is 13.9 Å². The minimum atomic E-state index is -4.12. The van der Waals surface area contributed by atoms with Crippen LogP contribution < -0.4 is 9.62 Å². The van der Waals surface area contributed by atoms with Crippen LogP contribution in [0.1, 0.15) is 37.0 Å². The van der Waals surface area contributed by atoms with Crippen LogP contribution in [0.3, 0.4) is 0 Å². The van der Waals surface area contributed by atoms with Crippen molar-refractivity contribution >= 4 is 50.7 Å². The third-order valence-electron chi connectivity index (χ3n) is 6.30. The number of amides is 2. The lowest BCUT2D eigenvalue weighted by Gasteiger charge is -2.33. The Kier molecular flexibility index (Phi) is 10.4. The highest BCUT2D eigenvalue weighted by Gasteiger charge is 2.33. The van der Waals surface area contributed by atoms with Crippen molar-refractivity contribution in [1.29, 1.82) is 0 Å². The monoisotopic (exact) mass is 589 g/mol. The molecule has 0 aliphatic carbocycles. The van der Waals surface area contributed by atoms with E-state index >= 15 is 0 Å². The second-order valence-electron chi connectivity index (χ2n) is 9.24. The van der Waals surface area contributed by atoms with Gasteiger partial charge in [0.05, 0.1) is 10.6 Å². The molecular weight excluding hydrogens is 557 g/mol. The molecule has 7 nitrogen and oxygen atoms in total. The molecule has 0 spiro atoms. The molecule has 0 saturated heterocycles. The summed E-state index contributed by atoms with van der Waals surface area (Å²) < 4.78 is 28.8. The quantitative estimate of drug-likeness (QED) is 0.308. The Bertz CT molecular complexity index is 1410. The van der Waals surface area contributed by atoms with Gasteiger partial charge in [0.1, 0.15) is 12.6 Å². The van der Waals surface area contributed by atoms with E-state index in [-0.39, 0.29) is 17.3 Å². The van der Waals surface area contributed by atoms with E-state index in [1.54, 1.807) is 68.4 Å². The summed E-state index contributed by atoms with van der Waals surface area (Å²) in [5.41, 5.74) is 2.77. The number of aryl methyl sites for hydroxylation is 2. The van der Waals surface area contributed by atoms with Gasteiger partial charge in [0.25, 0.3) is 10.0 Å². The Morgan fingerprint density at radius 2 is 1.49 bits per heavy atom. The van der Waals surface area contributed by atoms with Gasteiger partial charge in [0.2, 0.25) is 11.8 Å². The average Bonchev–Trinajstić information content (AvgIpc) is 2.89. The number of rotatable bonds is 11. The standard InChI is InChI=1S/C29H33Cl2N3O4S/c1-5-27(29(36)32-6-2)33(18-22-11-12-23(30)17-26(22)31)28(35)19-34(24-13-7-20(3)8-14-24)39(37,38)25-15-9-21(4)10-16-25/h7-17,27H,5-6,18-19H2,1-4H3,(H,32,36)/t27-/m0/s1. The summed E-state index contributed by atoms with van der Waals surface area (Å²) in [5, 5.41) is 3.55. The highest BCUT2D eigenvalue weighted by molar-refractivity contribution is 7.92. The number of sulfonamides is 1. The topological polar surface area (TPSA) is 86.8 Å². The van der Waals surface area contributed by atoms with E-state index < -0.39 is 28.5 Å². The van der Waals surface area contributed by atoms with Crippen LogP contribution in [0, 0.1) is 13.8 Å². The predicted molar refractivity (Wildman–Crippen MR) is 157 cm³/mol. The first-order valence-electron chi connectivity index (χ1n) is 12.6. The molecular formula is C29H33Cl2N3O4S. The van der Waals surface area contributed by atoms with E-state index in [0.717, 1.165) is 15.4 Å². The highest BCUT2D eigenvalue weighted by atomic mass is 35.5. The number of carbonyl (C=O) groups is 2. The van der Waals surface area contributed by atoms with Gasteiger partial charge in [-0.15, -0.1) is 0 Å². The first-order valence-corrected chi connectivity index (χ1v) is 14.8. The van der Waals surface area contributed by atoms with Crippen LogP contribution in [-0.2, 0) is 26.2 Å². The van der Waals surface area contributed by atoms with Gasteiger partial charge in [-0.25, -0.2) is 8.42 Å². The summed E-state index contributed by atoms with van der Waals surface area (Å²) in [5.74, 6) is -0.878. The molecule has 208 valence electrons. The number of nitrogens with one attached hydrogen (secondary N) is 1. The zero-order chi connectivity index (χ0) is 28.7. The van der Waals surface area contributed by atoms with Gasteiger partial charge in [0, 0.05) is 23.1 Å². The van der Waals surface area contributed by atoms with Crippen LogP contribution in [-0.4, -0.2) is 44.3 Å². The minimum absolute atomic E-state index is 0.00318. The Balaban J connectivity index is 2.07. The lowest BCUT2D eigenvalue weighted by molar-refractivity contribution is -0.140. The molecule has 0 unspecified atom stereocenters. The van der Waals surface area contributed by atoms with Crippen molar-refractivity contribution in [1.82, 2.24) is 10.2 Å². The molecule has 1 N–H and O–H groups in total. The number of hydrogen-bond donors (Lipinski definition) is 1. The van der Waals surface area contributed by atoms with Crippen LogP contribution >= 0.6 is 23.2 Å². The summed E-state index contributed by atoms with van der Waals surface area (Å²) in [6.45, 7) is 7.21. The van der Waals surface area contributed by atoms with Crippen molar-refractivity contribution in [3.8, 4) is 0 Å². The van der Waals surface area contributed by atoms with Crippen molar-refractivity contribution in [3.05, 3.63) is 93.5 Å². The SMILES string of the molecule is CCNC(=O)[C@H](CC)N(Cc1ccc(Cl)cc1Cl)C(=O)CN(c1ccc(C)cc1)S(=O)(=O)c1ccc(C)cc1. The van der Waals surface area contributed by atoms with E-state index in [2.05, 4.69) is 5.32 Å². The number of nitrogens with zero attached hydrogens (tertiary/aromatic N) is 2. The molecule has 2 amide bonds. The van der Waals surface area contributed by atoms with E-state index in [1.165, 1.54) is 17.0 Å². The van der Waals surface area contributed by atoms with Gasteiger partial charge in [-0.2, -0.15) is 0 Å². The molecule has 3 rings (SSSR count). The number of likely N-dealkylation sites (N-methyl/N-ethyl adjacent to an activating group) is 1. The molecule has 0 fully saturated rings. The van der Waals surface area contributed by atoms with Gasteiger partial charge in [-0.05, 0) is 69.2 Å². The molecule has 1 atom stereocenters. The Hall–Kier alpha value is -3.07. The maximum atomic E-state index is 14.0. The third kappa shape index (κ3) is 7.53. The lowest BCUT2D eigenvalue weighted by atomic mass is 10.1. The molecule has 0 aliphatic rings. The molecule has 0 aliphatic heterocycles. The van der Waals surface area contributed by atoms with E-state index in [4.69, 9.17) is 23.2 Å². The fraction of sp³-hybridized carbons (Fsp3) is 0.310. The van der Waals surface area contributed by atoms with Crippen LogP contribution in [0.5, 0.6) is 0 Å². The van der Waals surface area contributed by atoms with Crippen LogP contribution in [0.25, 0.3) is 0 Å². The Morgan fingerprint density at radius 1 is 0.897 bits per heavy atom. The summed E-state index contributed by atoms with van der Waals surface area (Å²) >= 11 is 12.5. The van der Waals surface area contributed by atoms with Gasteiger partial charge in [-0.1, -0.05) is 71.6 Å². The second-order valence-corrected chi connectivity index (χ2v) is 11.9. The summed E-state index contributed by atoms with van der Waals surface area (Å²) in [6, 6.07) is 17.4. The fourth-order valence-electron chi connectivity index (χ4n) is 4.12. The van der Waals surface area contributed by atoms with Crippen molar-refractivity contribution in [3.63, 3.8) is 0 Å². The van der Waals surface area contributed by atoms with Crippen molar-refractivity contribution in [2.45, 2.75) is 51.6 Å². The predicted octanol–water partition coefficient (Wildman–Crippen LogP) is 5.75. The highest BCUT2D eigenvalue weighted by Crippen LogP contribution is 2.27.